The number of hydrogen-bond acceptors (Lipinski definition) is 3. The summed E-state index contributed by atoms with van der Waals surface area (Å²) in [7, 11) is 0. The summed E-state index contributed by atoms with van der Waals surface area (Å²) in [5, 5.41) is 2.92. The Morgan fingerprint density at radius 1 is 0.800 bits per heavy atom. The van der Waals surface area contributed by atoms with Gasteiger partial charge in [-0.05, 0) is 48.5 Å². The van der Waals surface area contributed by atoms with Gasteiger partial charge in [0, 0.05) is 37.4 Å². The van der Waals surface area contributed by atoms with E-state index in [-0.39, 0.29) is 11.7 Å². The van der Waals surface area contributed by atoms with Gasteiger partial charge in [-0.1, -0.05) is 36.4 Å². The Morgan fingerprint density at radius 2 is 1.40 bits per heavy atom. The van der Waals surface area contributed by atoms with Crippen molar-refractivity contribution in [2.24, 2.45) is 4.99 Å². The van der Waals surface area contributed by atoms with Crippen molar-refractivity contribution in [1.29, 1.82) is 0 Å². The number of aliphatic imine (C=N–C) groups is 1. The van der Waals surface area contributed by atoms with E-state index in [0.717, 1.165) is 31.9 Å². The van der Waals surface area contributed by atoms with Gasteiger partial charge in [0.15, 0.2) is 0 Å². The molecule has 1 aliphatic rings. The van der Waals surface area contributed by atoms with Gasteiger partial charge in [0.25, 0.3) is 5.91 Å². The van der Waals surface area contributed by atoms with Crippen molar-refractivity contribution in [3.63, 3.8) is 0 Å². The van der Waals surface area contributed by atoms with Crippen LogP contribution in [0.1, 0.15) is 10.4 Å². The standard InChI is InChI=1S/C24H23FN4O/c25-20-13-11-19(12-14-20)23(30)27-24(26-21-7-3-1-4-8-21)29-17-15-28(16-18-29)22-9-5-2-6-10-22/h1-14H,15-18H2,(H,26,27,30). The van der Waals surface area contributed by atoms with Gasteiger partial charge < -0.3 is 9.80 Å². The summed E-state index contributed by atoms with van der Waals surface area (Å²) < 4.78 is 13.2. The largest absolute Gasteiger partial charge is 0.368 e. The minimum absolute atomic E-state index is 0.310. The van der Waals surface area contributed by atoms with E-state index in [9.17, 15) is 9.18 Å². The quantitative estimate of drug-likeness (QED) is 0.531. The predicted molar refractivity (Wildman–Crippen MR) is 118 cm³/mol. The molecule has 0 unspecified atom stereocenters. The summed E-state index contributed by atoms with van der Waals surface area (Å²) in [5.74, 6) is -0.180. The van der Waals surface area contributed by atoms with E-state index < -0.39 is 0 Å². The molecule has 1 saturated heterocycles. The number of hydrogen-bond donors (Lipinski definition) is 1. The number of rotatable bonds is 3. The second-order valence-corrected chi connectivity index (χ2v) is 7.04. The van der Waals surface area contributed by atoms with Gasteiger partial charge in [0.05, 0.1) is 5.69 Å². The number of guanidine groups is 1. The van der Waals surface area contributed by atoms with Crippen LogP contribution in [-0.2, 0) is 0 Å². The second kappa shape index (κ2) is 9.22. The Labute approximate surface area is 175 Å². The van der Waals surface area contributed by atoms with Crippen LogP contribution in [0, 0.1) is 5.82 Å². The number of nitrogens with zero attached hydrogens (tertiary/aromatic N) is 3. The van der Waals surface area contributed by atoms with Gasteiger partial charge in [-0.25, -0.2) is 9.38 Å². The number of benzene rings is 3. The molecule has 1 heterocycles. The minimum Gasteiger partial charge on any atom is -0.368 e. The fraction of sp³-hybridized carbons (Fsp3) is 0.167. The number of piperazine rings is 1. The van der Waals surface area contributed by atoms with Gasteiger partial charge >= 0.3 is 0 Å². The molecule has 6 heteroatoms. The van der Waals surface area contributed by atoms with Crippen molar-refractivity contribution in [3.8, 4) is 0 Å². The lowest BCUT2D eigenvalue weighted by atomic mass is 10.2. The van der Waals surface area contributed by atoms with E-state index in [0.29, 0.717) is 11.5 Å². The maximum absolute atomic E-state index is 13.2. The van der Waals surface area contributed by atoms with Crippen LogP contribution in [-0.4, -0.2) is 42.9 Å². The maximum Gasteiger partial charge on any atom is 0.257 e. The lowest BCUT2D eigenvalue weighted by molar-refractivity contribution is 0.0971. The van der Waals surface area contributed by atoms with Crippen LogP contribution in [0.2, 0.25) is 0 Å². The summed E-state index contributed by atoms with van der Waals surface area (Å²) in [6.45, 7) is 3.10. The summed E-state index contributed by atoms with van der Waals surface area (Å²) >= 11 is 0. The fourth-order valence-corrected chi connectivity index (χ4v) is 3.39. The van der Waals surface area contributed by atoms with Crippen molar-refractivity contribution < 1.29 is 9.18 Å². The van der Waals surface area contributed by atoms with Crippen LogP contribution in [0.4, 0.5) is 15.8 Å². The monoisotopic (exact) mass is 402 g/mol. The third-order valence-corrected chi connectivity index (χ3v) is 5.02. The topological polar surface area (TPSA) is 47.9 Å². The van der Waals surface area contributed by atoms with Crippen LogP contribution in [0.3, 0.4) is 0 Å². The zero-order valence-corrected chi connectivity index (χ0v) is 16.5. The third-order valence-electron chi connectivity index (χ3n) is 5.02. The Kier molecular flexibility index (Phi) is 6.03. The van der Waals surface area contributed by atoms with E-state index in [1.54, 1.807) is 0 Å². The molecule has 4 rings (SSSR count). The highest BCUT2D eigenvalue weighted by atomic mass is 19.1. The molecule has 3 aromatic carbocycles. The molecule has 0 radical (unpaired) electrons. The molecule has 0 aliphatic carbocycles. The molecule has 0 bridgehead atoms. The molecule has 5 nitrogen and oxygen atoms in total. The van der Waals surface area contributed by atoms with Gasteiger partial charge in [-0.3, -0.25) is 10.1 Å². The number of nitrogens with one attached hydrogen (secondary N) is 1. The Hall–Kier alpha value is -3.67. The number of halogens is 1. The zero-order valence-electron chi connectivity index (χ0n) is 16.5. The van der Waals surface area contributed by atoms with Crippen LogP contribution < -0.4 is 10.2 Å². The average Bonchev–Trinajstić information content (AvgIpc) is 2.80. The number of carbonyl (C=O) groups is 1. The Balaban J connectivity index is 1.52. The average molecular weight is 402 g/mol. The van der Waals surface area contributed by atoms with E-state index >= 15 is 0 Å². The van der Waals surface area contributed by atoms with Crippen LogP contribution in [0.25, 0.3) is 0 Å². The number of carbonyl (C=O) groups excluding carboxylic acids is 1. The summed E-state index contributed by atoms with van der Waals surface area (Å²) in [5.41, 5.74) is 2.34. The highest BCUT2D eigenvalue weighted by Gasteiger charge is 2.22. The van der Waals surface area contributed by atoms with Crippen molar-refractivity contribution in [1.82, 2.24) is 10.2 Å². The van der Waals surface area contributed by atoms with Crippen molar-refractivity contribution in [3.05, 3.63) is 96.3 Å². The third kappa shape index (κ3) is 4.84. The normalized spacial score (nSPS) is 14.5. The molecule has 1 amide bonds. The van der Waals surface area contributed by atoms with Crippen molar-refractivity contribution in [2.45, 2.75) is 0 Å². The van der Waals surface area contributed by atoms with Gasteiger partial charge in [-0.2, -0.15) is 0 Å². The fourth-order valence-electron chi connectivity index (χ4n) is 3.39. The van der Waals surface area contributed by atoms with Crippen molar-refractivity contribution >= 4 is 23.2 Å². The van der Waals surface area contributed by atoms with Gasteiger partial charge in [-0.15, -0.1) is 0 Å². The smallest absolute Gasteiger partial charge is 0.257 e. The van der Waals surface area contributed by atoms with E-state index in [1.165, 1.54) is 30.0 Å². The van der Waals surface area contributed by atoms with Crippen LogP contribution >= 0.6 is 0 Å². The summed E-state index contributed by atoms with van der Waals surface area (Å²) in [6, 6.07) is 25.3. The first kappa shape index (κ1) is 19.6. The van der Waals surface area contributed by atoms with Gasteiger partial charge in [0.2, 0.25) is 5.96 Å². The first-order valence-electron chi connectivity index (χ1n) is 9.95. The molecule has 30 heavy (non-hydrogen) atoms. The number of para-hydroxylation sites is 2. The molecule has 1 N–H and O–H groups in total. The van der Waals surface area contributed by atoms with E-state index in [4.69, 9.17) is 0 Å². The molecule has 0 saturated carbocycles. The number of anilines is 1. The first-order valence-corrected chi connectivity index (χ1v) is 9.95. The van der Waals surface area contributed by atoms with Crippen LogP contribution in [0.15, 0.2) is 89.9 Å². The molecular weight excluding hydrogens is 379 g/mol. The predicted octanol–water partition coefficient (Wildman–Crippen LogP) is 4.07. The molecule has 1 fully saturated rings. The molecule has 0 spiro atoms. The maximum atomic E-state index is 13.2. The second-order valence-electron chi connectivity index (χ2n) is 7.04. The molecular formula is C24H23FN4O. The van der Waals surface area contributed by atoms with Gasteiger partial charge in [0.1, 0.15) is 5.82 Å². The Morgan fingerprint density at radius 3 is 2.03 bits per heavy atom. The molecule has 3 aromatic rings. The molecule has 0 atom stereocenters. The van der Waals surface area contributed by atoms with Crippen LogP contribution in [0.5, 0.6) is 0 Å². The zero-order chi connectivity index (χ0) is 20.8. The van der Waals surface area contributed by atoms with E-state index in [1.807, 2.05) is 48.5 Å². The van der Waals surface area contributed by atoms with E-state index in [2.05, 4.69) is 32.2 Å². The number of amides is 1. The summed E-state index contributed by atoms with van der Waals surface area (Å²) in [4.78, 5) is 21.8. The lowest BCUT2D eigenvalue weighted by Gasteiger charge is -2.37. The summed E-state index contributed by atoms with van der Waals surface area (Å²) in [6.07, 6.45) is 0. The Bertz CT molecular complexity index is 998. The minimum atomic E-state index is -0.373. The molecule has 152 valence electrons. The first-order chi connectivity index (χ1) is 14.7. The highest BCUT2D eigenvalue weighted by Crippen LogP contribution is 2.17. The lowest BCUT2D eigenvalue weighted by Crippen LogP contribution is -2.53. The SMILES string of the molecule is O=C(NC(=Nc1ccccc1)N1CCN(c2ccccc2)CC1)c1ccc(F)cc1. The van der Waals surface area contributed by atoms with Crippen molar-refractivity contribution in [2.75, 3.05) is 31.1 Å². The molecule has 0 aromatic heterocycles. The highest BCUT2D eigenvalue weighted by molar-refractivity contribution is 6.06. The molecule has 1 aliphatic heterocycles.